The number of alkyl halides is 1. The molecule has 1 atom stereocenters. The molecule has 0 spiro atoms. The zero-order valence-electron chi connectivity index (χ0n) is 9.26. The average molecular weight is 306 g/mol. The molecule has 0 radical (unpaired) electrons. The van der Waals surface area contributed by atoms with Crippen molar-refractivity contribution in [3.63, 3.8) is 0 Å². The minimum absolute atomic E-state index is 0.154. The number of amides is 1. The second-order valence-electron chi connectivity index (χ2n) is 3.89. The van der Waals surface area contributed by atoms with Crippen molar-refractivity contribution < 1.29 is 4.79 Å². The lowest BCUT2D eigenvalue weighted by molar-refractivity contribution is 0.0912. The Labute approximate surface area is 109 Å². The Morgan fingerprint density at radius 2 is 2.31 bits per heavy atom. The number of carbonyl (C=O) groups excluding carboxylic acids is 1. The van der Waals surface area contributed by atoms with Crippen molar-refractivity contribution in [3.8, 4) is 0 Å². The van der Waals surface area contributed by atoms with Crippen LogP contribution in [-0.2, 0) is 0 Å². The SMILES string of the molecule is CCC(C)(CCl)NC(=O)c1cncc(Br)c1. The molecule has 16 heavy (non-hydrogen) atoms. The van der Waals surface area contributed by atoms with E-state index in [1.165, 1.54) is 6.20 Å². The molecule has 0 aliphatic heterocycles. The minimum Gasteiger partial charge on any atom is -0.346 e. The van der Waals surface area contributed by atoms with E-state index in [-0.39, 0.29) is 11.4 Å². The first-order valence-electron chi connectivity index (χ1n) is 5.00. The maximum atomic E-state index is 11.9. The van der Waals surface area contributed by atoms with Gasteiger partial charge >= 0.3 is 0 Å². The van der Waals surface area contributed by atoms with Gasteiger partial charge < -0.3 is 5.32 Å². The number of carbonyl (C=O) groups is 1. The smallest absolute Gasteiger partial charge is 0.253 e. The molecular weight excluding hydrogens is 291 g/mol. The molecule has 0 saturated carbocycles. The van der Waals surface area contributed by atoms with Crippen molar-refractivity contribution in [2.75, 3.05) is 5.88 Å². The number of hydrogen-bond donors (Lipinski definition) is 1. The molecule has 0 aliphatic rings. The van der Waals surface area contributed by atoms with Crippen LogP contribution in [0.15, 0.2) is 22.9 Å². The summed E-state index contributed by atoms with van der Waals surface area (Å²) in [5.41, 5.74) is 0.153. The molecule has 5 heteroatoms. The Kier molecular flexibility index (Phi) is 4.74. The molecule has 0 fully saturated rings. The van der Waals surface area contributed by atoms with Gasteiger partial charge in [0.05, 0.1) is 11.1 Å². The zero-order valence-corrected chi connectivity index (χ0v) is 11.6. The predicted octanol–water partition coefficient (Wildman–Crippen LogP) is 2.98. The lowest BCUT2D eigenvalue weighted by atomic mass is 10.0. The van der Waals surface area contributed by atoms with E-state index in [1.54, 1.807) is 12.3 Å². The Balaban J connectivity index is 2.80. The van der Waals surface area contributed by atoms with Gasteiger partial charge in [0.25, 0.3) is 5.91 Å². The second-order valence-corrected chi connectivity index (χ2v) is 5.08. The highest BCUT2D eigenvalue weighted by Crippen LogP contribution is 2.14. The number of pyridine rings is 1. The van der Waals surface area contributed by atoms with Crippen LogP contribution in [0.3, 0.4) is 0 Å². The summed E-state index contributed by atoms with van der Waals surface area (Å²) < 4.78 is 0.782. The summed E-state index contributed by atoms with van der Waals surface area (Å²) in [4.78, 5) is 15.8. The van der Waals surface area contributed by atoms with Crippen LogP contribution in [-0.4, -0.2) is 22.3 Å². The first-order chi connectivity index (χ1) is 7.50. The number of rotatable bonds is 4. The lowest BCUT2D eigenvalue weighted by Crippen LogP contribution is -2.47. The van der Waals surface area contributed by atoms with Gasteiger partial charge in [-0.25, -0.2) is 0 Å². The Bertz CT molecular complexity index is 380. The van der Waals surface area contributed by atoms with E-state index in [0.717, 1.165) is 10.9 Å². The van der Waals surface area contributed by atoms with Crippen LogP contribution in [0.25, 0.3) is 0 Å². The summed E-state index contributed by atoms with van der Waals surface area (Å²) >= 11 is 9.11. The fraction of sp³-hybridized carbons (Fsp3) is 0.455. The molecule has 0 aliphatic carbocycles. The number of halogens is 2. The Hall–Kier alpha value is -0.610. The summed E-state index contributed by atoms with van der Waals surface area (Å²) in [5, 5.41) is 2.90. The predicted molar refractivity (Wildman–Crippen MR) is 68.8 cm³/mol. The van der Waals surface area contributed by atoms with Crippen LogP contribution >= 0.6 is 27.5 Å². The first-order valence-corrected chi connectivity index (χ1v) is 6.32. The normalized spacial score (nSPS) is 14.2. The summed E-state index contributed by atoms with van der Waals surface area (Å²) in [5.74, 6) is 0.232. The van der Waals surface area contributed by atoms with E-state index in [4.69, 9.17) is 11.6 Å². The van der Waals surface area contributed by atoms with Crippen LogP contribution in [0.5, 0.6) is 0 Å². The largest absolute Gasteiger partial charge is 0.346 e. The highest BCUT2D eigenvalue weighted by Gasteiger charge is 2.23. The average Bonchev–Trinajstić information content (AvgIpc) is 2.29. The van der Waals surface area contributed by atoms with Crippen LogP contribution in [0.2, 0.25) is 0 Å². The molecular formula is C11H14BrClN2O. The van der Waals surface area contributed by atoms with Gasteiger partial charge in [-0.15, -0.1) is 11.6 Å². The summed E-state index contributed by atoms with van der Waals surface area (Å²) in [6.07, 6.45) is 3.95. The summed E-state index contributed by atoms with van der Waals surface area (Å²) in [6.45, 7) is 3.91. The minimum atomic E-state index is -0.374. The van der Waals surface area contributed by atoms with Crippen LogP contribution < -0.4 is 5.32 Å². The van der Waals surface area contributed by atoms with Gasteiger partial charge in [-0.2, -0.15) is 0 Å². The molecule has 1 unspecified atom stereocenters. The topological polar surface area (TPSA) is 42.0 Å². The molecule has 0 aromatic carbocycles. The van der Waals surface area contributed by atoms with Gasteiger partial charge in [0.1, 0.15) is 0 Å². The Morgan fingerprint density at radius 3 is 2.81 bits per heavy atom. The van der Waals surface area contributed by atoms with Gasteiger partial charge in [-0.05, 0) is 35.3 Å². The highest BCUT2D eigenvalue weighted by atomic mass is 79.9. The molecule has 1 aromatic heterocycles. The van der Waals surface area contributed by atoms with Crippen molar-refractivity contribution in [2.45, 2.75) is 25.8 Å². The summed E-state index contributed by atoms with van der Waals surface area (Å²) in [6, 6.07) is 1.73. The van der Waals surface area contributed by atoms with E-state index in [2.05, 4.69) is 26.2 Å². The number of nitrogens with one attached hydrogen (secondary N) is 1. The van der Waals surface area contributed by atoms with E-state index in [0.29, 0.717) is 11.4 Å². The van der Waals surface area contributed by atoms with Crippen molar-refractivity contribution in [1.29, 1.82) is 0 Å². The molecule has 88 valence electrons. The molecule has 1 N–H and O–H groups in total. The zero-order chi connectivity index (χ0) is 12.2. The number of aromatic nitrogens is 1. The van der Waals surface area contributed by atoms with Crippen molar-refractivity contribution in [2.24, 2.45) is 0 Å². The fourth-order valence-corrected chi connectivity index (χ4v) is 1.72. The van der Waals surface area contributed by atoms with Crippen molar-refractivity contribution >= 4 is 33.4 Å². The third-order valence-corrected chi connectivity index (χ3v) is 3.48. The lowest BCUT2D eigenvalue weighted by Gasteiger charge is -2.27. The first kappa shape index (κ1) is 13.5. The quantitative estimate of drug-likeness (QED) is 0.869. The second kappa shape index (κ2) is 5.64. The maximum Gasteiger partial charge on any atom is 0.253 e. The molecule has 0 bridgehead atoms. The fourth-order valence-electron chi connectivity index (χ4n) is 1.10. The van der Waals surface area contributed by atoms with Gasteiger partial charge in [0.15, 0.2) is 0 Å². The number of nitrogens with zero attached hydrogens (tertiary/aromatic N) is 1. The van der Waals surface area contributed by atoms with E-state index >= 15 is 0 Å². The standard InChI is InChI=1S/C11H14BrClN2O/c1-3-11(2,7-13)15-10(16)8-4-9(12)6-14-5-8/h4-6H,3,7H2,1-2H3,(H,15,16). The Morgan fingerprint density at radius 1 is 1.62 bits per heavy atom. The molecule has 3 nitrogen and oxygen atoms in total. The highest BCUT2D eigenvalue weighted by molar-refractivity contribution is 9.10. The van der Waals surface area contributed by atoms with Gasteiger partial charge in [-0.3, -0.25) is 9.78 Å². The maximum absolute atomic E-state index is 11.9. The van der Waals surface area contributed by atoms with E-state index in [1.807, 2.05) is 13.8 Å². The van der Waals surface area contributed by atoms with Crippen molar-refractivity contribution in [3.05, 3.63) is 28.5 Å². The summed E-state index contributed by atoms with van der Waals surface area (Å²) in [7, 11) is 0. The van der Waals surface area contributed by atoms with Crippen LogP contribution in [0.4, 0.5) is 0 Å². The third kappa shape index (κ3) is 3.46. The molecule has 0 saturated heterocycles. The monoisotopic (exact) mass is 304 g/mol. The van der Waals surface area contributed by atoms with Gasteiger partial charge in [0.2, 0.25) is 0 Å². The van der Waals surface area contributed by atoms with Gasteiger partial charge in [-0.1, -0.05) is 6.92 Å². The molecule has 1 rings (SSSR count). The molecule has 1 heterocycles. The third-order valence-electron chi connectivity index (χ3n) is 2.46. The molecule has 1 aromatic rings. The van der Waals surface area contributed by atoms with Gasteiger partial charge in [0, 0.05) is 22.7 Å². The van der Waals surface area contributed by atoms with Crippen molar-refractivity contribution in [1.82, 2.24) is 10.3 Å². The van der Waals surface area contributed by atoms with E-state index < -0.39 is 0 Å². The number of hydrogen-bond acceptors (Lipinski definition) is 2. The van der Waals surface area contributed by atoms with Crippen LogP contribution in [0, 0.1) is 0 Å². The van der Waals surface area contributed by atoms with E-state index in [9.17, 15) is 4.79 Å². The molecule has 1 amide bonds. The van der Waals surface area contributed by atoms with Crippen LogP contribution in [0.1, 0.15) is 30.6 Å².